The lowest BCUT2D eigenvalue weighted by Gasteiger charge is -2.31. The smallest absolute Gasteiger partial charge is 0.246 e. The average Bonchev–Trinajstić information content (AvgIpc) is 3.09. The van der Waals surface area contributed by atoms with Gasteiger partial charge in [-0.25, -0.2) is 8.42 Å². The van der Waals surface area contributed by atoms with Gasteiger partial charge in [0.15, 0.2) is 0 Å². The first kappa shape index (κ1) is 20.7. The minimum absolute atomic E-state index is 0.0335. The number of rotatable bonds is 3. The summed E-state index contributed by atoms with van der Waals surface area (Å²) >= 11 is 0. The molecule has 32 heavy (non-hydrogen) atoms. The molecular weight excluding hydrogens is 428 g/mol. The molecule has 3 heterocycles. The second-order valence-electron chi connectivity index (χ2n) is 8.04. The molecule has 0 bridgehead atoms. The number of ether oxygens (including phenoxy) is 1. The number of carbonyl (C=O) groups excluding carboxylic acids is 1. The molecule has 1 fully saturated rings. The van der Waals surface area contributed by atoms with Crippen molar-refractivity contribution in [2.75, 3.05) is 26.2 Å². The minimum atomic E-state index is -3.64. The highest BCUT2D eigenvalue weighted by Crippen LogP contribution is 2.44. The fraction of sp³-hybridized carbons (Fsp3) is 0.304. The summed E-state index contributed by atoms with van der Waals surface area (Å²) in [7, 11) is -1.96. The maximum Gasteiger partial charge on any atom is 0.246 e. The third-order valence-electron chi connectivity index (χ3n) is 6.01. The summed E-state index contributed by atoms with van der Waals surface area (Å²) in [6.07, 6.45) is 3.43. The fourth-order valence-corrected chi connectivity index (χ4v) is 5.85. The van der Waals surface area contributed by atoms with E-state index in [0.717, 1.165) is 11.1 Å². The number of fused-ring (bicyclic) bond motifs is 2. The Kier molecular flexibility index (Phi) is 5.22. The number of amides is 1. The minimum Gasteiger partial charge on any atom is -0.457 e. The Labute approximate surface area is 187 Å². The standard InChI is InChI=1S/C23H24N4O4S/c1-25-16-17(15-24-25)32(29,30)27-12-6-11-26(13-14-27)23(28)22-18-7-2-4-9-20(18)31-21-10-5-3-8-19(21)22/h2-5,7-10,15-16,22H,6,11-14H2,1H3. The fourth-order valence-electron chi connectivity index (χ4n) is 4.39. The molecule has 0 unspecified atom stereocenters. The number of hydrogen-bond acceptors (Lipinski definition) is 5. The number of benzene rings is 2. The molecule has 5 rings (SSSR count). The van der Waals surface area contributed by atoms with Gasteiger partial charge in [0.05, 0.1) is 12.1 Å². The molecule has 166 valence electrons. The quantitative estimate of drug-likeness (QED) is 0.610. The summed E-state index contributed by atoms with van der Waals surface area (Å²) < 4.78 is 35.0. The van der Waals surface area contributed by atoms with Crippen molar-refractivity contribution in [2.45, 2.75) is 17.2 Å². The van der Waals surface area contributed by atoms with Crippen molar-refractivity contribution in [1.29, 1.82) is 0 Å². The molecular formula is C23H24N4O4S. The number of para-hydroxylation sites is 2. The van der Waals surface area contributed by atoms with Crippen LogP contribution in [0.1, 0.15) is 23.5 Å². The van der Waals surface area contributed by atoms with Crippen LogP contribution in [0.5, 0.6) is 11.5 Å². The van der Waals surface area contributed by atoms with Crippen molar-refractivity contribution in [3.05, 3.63) is 72.1 Å². The monoisotopic (exact) mass is 452 g/mol. The van der Waals surface area contributed by atoms with Crippen LogP contribution in [-0.4, -0.2) is 59.5 Å². The Bertz CT molecular complexity index is 1220. The summed E-state index contributed by atoms with van der Waals surface area (Å²) in [6, 6.07) is 15.2. The van der Waals surface area contributed by atoms with Crippen LogP contribution in [0.15, 0.2) is 65.8 Å². The van der Waals surface area contributed by atoms with Crippen LogP contribution in [0.2, 0.25) is 0 Å². The van der Waals surface area contributed by atoms with Crippen LogP contribution in [0.25, 0.3) is 0 Å². The van der Waals surface area contributed by atoms with Gasteiger partial charge in [-0.3, -0.25) is 9.48 Å². The summed E-state index contributed by atoms with van der Waals surface area (Å²) in [6.45, 7) is 1.44. The first-order chi connectivity index (χ1) is 15.4. The van der Waals surface area contributed by atoms with Crippen molar-refractivity contribution in [1.82, 2.24) is 19.0 Å². The van der Waals surface area contributed by atoms with E-state index in [9.17, 15) is 13.2 Å². The second-order valence-corrected chi connectivity index (χ2v) is 9.98. The van der Waals surface area contributed by atoms with Gasteiger partial charge in [-0.2, -0.15) is 9.40 Å². The van der Waals surface area contributed by atoms with Crippen molar-refractivity contribution in [2.24, 2.45) is 7.05 Å². The van der Waals surface area contributed by atoms with E-state index in [0.29, 0.717) is 37.6 Å². The van der Waals surface area contributed by atoms with Crippen molar-refractivity contribution >= 4 is 15.9 Å². The van der Waals surface area contributed by atoms with Gasteiger partial charge in [-0.15, -0.1) is 0 Å². The molecule has 8 nitrogen and oxygen atoms in total. The maximum atomic E-state index is 13.8. The van der Waals surface area contributed by atoms with E-state index in [1.165, 1.54) is 21.4 Å². The Morgan fingerprint density at radius 2 is 1.62 bits per heavy atom. The van der Waals surface area contributed by atoms with Crippen molar-refractivity contribution in [3.8, 4) is 11.5 Å². The number of aryl methyl sites for hydroxylation is 1. The lowest BCUT2D eigenvalue weighted by molar-refractivity contribution is -0.131. The predicted molar refractivity (Wildman–Crippen MR) is 118 cm³/mol. The van der Waals surface area contributed by atoms with E-state index in [4.69, 9.17) is 4.74 Å². The highest BCUT2D eigenvalue weighted by Gasteiger charge is 2.36. The zero-order chi connectivity index (χ0) is 22.3. The molecule has 0 radical (unpaired) electrons. The van der Waals surface area contributed by atoms with Crippen molar-refractivity contribution < 1.29 is 17.9 Å². The van der Waals surface area contributed by atoms with Crippen LogP contribution in [-0.2, 0) is 21.9 Å². The van der Waals surface area contributed by atoms with Gasteiger partial charge in [0.25, 0.3) is 0 Å². The van der Waals surface area contributed by atoms with E-state index >= 15 is 0 Å². The SMILES string of the molecule is Cn1cc(S(=O)(=O)N2CCCN(C(=O)C3c4ccccc4Oc4ccccc43)CC2)cn1. The zero-order valence-electron chi connectivity index (χ0n) is 17.7. The van der Waals surface area contributed by atoms with E-state index in [-0.39, 0.29) is 17.3 Å². The normalized spacial score (nSPS) is 17.2. The van der Waals surface area contributed by atoms with Gasteiger partial charge in [-0.05, 0) is 18.6 Å². The maximum absolute atomic E-state index is 13.8. The number of aromatic nitrogens is 2. The topological polar surface area (TPSA) is 84.7 Å². The number of carbonyl (C=O) groups is 1. The van der Waals surface area contributed by atoms with Crippen LogP contribution in [0.3, 0.4) is 0 Å². The summed E-state index contributed by atoms with van der Waals surface area (Å²) in [5, 5.41) is 3.98. The van der Waals surface area contributed by atoms with E-state index in [1.807, 2.05) is 48.5 Å². The largest absolute Gasteiger partial charge is 0.457 e. The summed E-state index contributed by atoms with van der Waals surface area (Å²) in [5.74, 6) is 0.853. The molecule has 2 aliphatic heterocycles. The molecule has 0 N–H and O–H groups in total. The van der Waals surface area contributed by atoms with Crippen molar-refractivity contribution in [3.63, 3.8) is 0 Å². The molecule has 1 saturated heterocycles. The van der Waals surface area contributed by atoms with Gasteiger partial charge in [0.2, 0.25) is 15.9 Å². The van der Waals surface area contributed by atoms with Gasteiger partial charge in [-0.1, -0.05) is 36.4 Å². The number of sulfonamides is 1. The first-order valence-electron chi connectivity index (χ1n) is 10.6. The predicted octanol–water partition coefficient (Wildman–Crippen LogP) is 2.58. The third-order valence-corrected chi connectivity index (χ3v) is 7.86. The van der Waals surface area contributed by atoms with E-state index < -0.39 is 15.9 Å². The van der Waals surface area contributed by atoms with Gasteiger partial charge < -0.3 is 9.64 Å². The molecule has 0 atom stereocenters. The number of nitrogens with zero attached hydrogens (tertiary/aromatic N) is 4. The van der Waals surface area contributed by atoms with Crippen LogP contribution in [0.4, 0.5) is 0 Å². The van der Waals surface area contributed by atoms with E-state index in [1.54, 1.807) is 11.9 Å². The van der Waals surface area contributed by atoms with Gasteiger partial charge >= 0.3 is 0 Å². The number of hydrogen-bond donors (Lipinski definition) is 0. The molecule has 3 aromatic rings. The van der Waals surface area contributed by atoms with Gasteiger partial charge in [0.1, 0.15) is 16.4 Å². The van der Waals surface area contributed by atoms with Crippen LogP contribution < -0.4 is 4.74 Å². The molecule has 0 spiro atoms. The Hall–Kier alpha value is -3.17. The second kappa shape index (κ2) is 8.07. The third kappa shape index (κ3) is 3.57. The highest BCUT2D eigenvalue weighted by atomic mass is 32.2. The Morgan fingerprint density at radius 1 is 0.969 bits per heavy atom. The van der Waals surface area contributed by atoms with Crippen LogP contribution >= 0.6 is 0 Å². The summed E-state index contributed by atoms with van der Waals surface area (Å²) in [5.41, 5.74) is 1.67. The molecule has 2 aromatic carbocycles. The summed E-state index contributed by atoms with van der Waals surface area (Å²) in [4.78, 5) is 15.7. The highest BCUT2D eigenvalue weighted by molar-refractivity contribution is 7.89. The lowest BCUT2D eigenvalue weighted by Crippen LogP contribution is -2.40. The molecule has 1 aromatic heterocycles. The zero-order valence-corrected chi connectivity index (χ0v) is 18.5. The average molecular weight is 453 g/mol. The molecule has 0 aliphatic carbocycles. The Balaban J connectivity index is 1.41. The van der Waals surface area contributed by atoms with Crippen LogP contribution in [0, 0.1) is 0 Å². The first-order valence-corrected chi connectivity index (χ1v) is 12.0. The lowest BCUT2D eigenvalue weighted by atomic mass is 9.87. The van der Waals surface area contributed by atoms with Gasteiger partial charge in [0, 0.05) is 50.6 Å². The Morgan fingerprint density at radius 3 is 2.25 bits per heavy atom. The molecule has 9 heteroatoms. The molecule has 2 aliphatic rings. The van der Waals surface area contributed by atoms with E-state index in [2.05, 4.69) is 5.10 Å². The molecule has 0 saturated carbocycles. The molecule has 1 amide bonds.